The van der Waals surface area contributed by atoms with E-state index in [0.717, 1.165) is 6.07 Å². The van der Waals surface area contributed by atoms with Crippen molar-refractivity contribution >= 4 is 23.0 Å². The first-order valence-electron chi connectivity index (χ1n) is 9.41. The summed E-state index contributed by atoms with van der Waals surface area (Å²) in [6, 6.07) is 5.32. The predicted octanol–water partition coefficient (Wildman–Crippen LogP) is 4.20. The van der Waals surface area contributed by atoms with Crippen molar-refractivity contribution in [3.63, 3.8) is 0 Å². The molecule has 8 nitrogen and oxygen atoms in total. The number of aromatic nitrogens is 2. The highest BCUT2D eigenvalue weighted by Gasteiger charge is 2.33. The first kappa shape index (κ1) is 23.0. The molecule has 0 fully saturated rings. The fourth-order valence-corrected chi connectivity index (χ4v) is 2.89. The standard InChI is InChI=1S/C21H20F3N3O5/c1-10(25-19(30)32-20(2,3)4)16-15(18(28)29)27-17(31-16)12-6-5-7-13-11(12)8-9-14(26-13)21(22,23)24/h5-10H,1-4H3,(H,25,30)(H,28,29)/p-1/t10-/m0/s1. The summed E-state index contributed by atoms with van der Waals surface area (Å²) in [5, 5.41) is 21.8. The van der Waals surface area contributed by atoms with Crippen LogP contribution < -0.4 is 5.11 Å². The molecule has 0 radical (unpaired) electrons. The molecule has 11 heteroatoms. The number of oxazole rings is 1. The molecule has 0 aliphatic heterocycles. The van der Waals surface area contributed by atoms with Crippen LogP contribution >= 0.6 is 0 Å². The van der Waals surface area contributed by atoms with Gasteiger partial charge in [-0.2, -0.15) is 13.2 Å². The van der Waals surface area contributed by atoms with Crippen LogP contribution in [0.5, 0.6) is 0 Å². The average molecular weight is 450 g/mol. The topological polar surface area (TPSA) is 121 Å². The maximum atomic E-state index is 13.0. The SMILES string of the molecule is C[C@H](N=C([O-])OC(C)(C)C)c1oc(-c2cccc3nc(C(F)(F)F)ccc23)nc1C(=O)O. The third kappa shape index (κ3) is 4.98. The molecule has 2 heterocycles. The van der Waals surface area contributed by atoms with Crippen LogP contribution in [-0.2, 0) is 10.9 Å². The number of carboxylic acid groups (broad SMARTS) is 1. The minimum absolute atomic E-state index is 0.0282. The summed E-state index contributed by atoms with van der Waals surface area (Å²) in [4.78, 5) is 23.1. The van der Waals surface area contributed by atoms with E-state index in [-0.39, 0.29) is 28.1 Å². The van der Waals surface area contributed by atoms with Crippen molar-refractivity contribution in [2.75, 3.05) is 0 Å². The lowest BCUT2D eigenvalue weighted by atomic mass is 10.1. The molecular formula is C21H19F3N3O5-. The van der Waals surface area contributed by atoms with E-state index < -0.39 is 41.3 Å². The van der Waals surface area contributed by atoms with E-state index in [1.54, 1.807) is 20.8 Å². The normalized spacial score (nSPS) is 13.9. The van der Waals surface area contributed by atoms with Gasteiger partial charge in [-0.1, -0.05) is 26.8 Å². The second kappa shape index (κ2) is 8.13. The molecule has 1 aromatic carbocycles. The molecule has 3 aromatic rings. The highest BCUT2D eigenvalue weighted by molar-refractivity contribution is 5.94. The number of alkyl halides is 3. The number of aromatic carboxylic acids is 1. The number of hydrogen-bond donors (Lipinski definition) is 1. The van der Waals surface area contributed by atoms with Gasteiger partial charge in [0.15, 0.2) is 11.5 Å². The molecule has 0 amide bonds. The van der Waals surface area contributed by atoms with Crippen LogP contribution in [0.2, 0.25) is 0 Å². The number of rotatable bonds is 4. The molecule has 0 saturated heterocycles. The lowest BCUT2D eigenvalue weighted by Crippen LogP contribution is -2.32. The Morgan fingerprint density at radius 1 is 1.19 bits per heavy atom. The summed E-state index contributed by atoms with van der Waals surface area (Å²) in [5.41, 5.74) is -2.07. The Balaban J connectivity index is 2.08. The lowest BCUT2D eigenvalue weighted by Gasteiger charge is -2.29. The summed E-state index contributed by atoms with van der Waals surface area (Å²) >= 11 is 0. The van der Waals surface area contributed by atoms with E-state index in [9.17, 15) is 28.2 Å². The van der Waals surface area contributed by atoms with Crippen LogP contribution in [0.1, 0.15) is 55.7 Å². The van der Waals surface area contributed by atoms with Crippen molar-refractivity contribution in [2.45, 2.75) is 45.5 Å². The van der Waals surface area contributed by atoms with E-state index >= 15 is 0 Å². The Morgan fingerprint density at radius 2 is 1.88 bits per heavy atom. The largest absolute Gasteiger partial charge is 0.595 e. The first-order chi connectivity index (χ1) is 14.8. The average Bonchev–Trinajstić information content (AvgIpc) is 3.10. The number of nitrogens with zero attached hydrogens (tertiary/aromatic N) is 3. The molecular weight excluding hydrogens is 431 g/mol. The quantitative estimate of drug-likeness (QED) is 0.467. The lowest BCUT2D eigenvalue weighted by molar-refractivity contribution is -0.261. The maximum Gasteiger partial charge on any atom is 0.433 e. The Morgan fingerprint density at radius 3 is 2.47 bits per heavy atom. The Kier molecular flexibility index (Phi) is 5.86. The van der Waals surface area contributed by atoms with Gasteiger partial charge >= 0.3 is 12.1 Å². The minimum atomic E-state index is -4.62. The van der Waals surface area contributed by atoms with Gasteiger partial charge in [0, 0.05) is 16.6 Å². The van der Waals surface area contributed by atoms with E-state index in [1.807, 2.05) is 0 Å². The van der Waals surface area contributed by atoms with Crippen molar-refractivity contribution in [1.82, 2.24) is 9.97 Å². The van der Waals surface area contributed by atoms with Gasteiger partial charge in [0.2, 0.25) is 5.89 Å². The zero-order valence-electron chi connectivity index (χ0n) is 17.5. The van der Waals surface area contributed by atoms with Crippen LogP contribution in [0.15, 0.2) is 39.7 Å². The van der Waals surface area contributed by atoms with Gasteiger partial charge in [0.25, 0.3) is 0 Å². The number of benzene rings is 1. The maximum absolute atomic E-state index is 13.0. The summed E-state index contributed by atoms with van der Waals surface area (Å²) in [6.07, 6.45) is -5.52. The minimum Gasteiger partial charge on any atom is -0.595 e. The van der Waals surface area contributed by atoms with Gasteiger partial charge < -0.3 is 19.4 Å². The molecule has 0 aliphatic rings. The number of carbonyl (C=O) groups is 1. The monoisotopic (exact) mass is 450 g/mol. The third-order valence-corrected chi connectivity index (χ3v) is 4.18. The first-order valence-corrected chi connectivity index (χ1v) is 9.41. The van der Waals surface area contributed by atoms with Gasteiger partial charge in [0.1, 0.15) is 17.8 Å². The van der Waals surface area contributed by atoms with Gasteiger partial charge in [-0.15, -0.1) is 0 Å². The predicted molar refractivity (Wildman–Crippen MR) is 106 cm³/mol. The Bertz CT molecular complexity index is 1200. The number of hydrogen-bond acceptors (Lipinski definition) is 7. The van der Waals surface area contributed by atoms with Crippen molar-refractivity contribution in [1.29, 1.82) is 0 Å². The van der Waals surface area contributed by atoms with Crippen LogP contribution in [0, 0.1) is 0 Å². The van der Waals surface area contributed by atoms with Crippen molar-refractivity contribution in [2.24, 2.45) is 4.99 Å². The van der Waals surface area contributed by atoms with Crippen LogP contribution in [0.4, 0.5) is 13.2 Å². The molecule has 0 saturated carbocycles. The molecule has 2 aromatic heterocycles. The molecule has 3 rings (SSSR count). The molecule has 1 atom stereocenters. The Hall–Kier alpha value is -3.63. The summed E-state index contributed by atoms with van der Waals surface area (Å²) in [6.45, 7) is 6.39. The fourth-order valence-electron chi connectivity index (χ4n) is 2.89. The zero-order valence-corrected chi connectivity index (χ0v) is 17.5. The summed E-state index contributed by atoms with van der Waals surface area (Å²) < 4.78 is 49.6. The number of aliphatic imine (C=N–C) groups is 1. The van der Waals surface area contributed by atoms with Crippen LogP contribution in [0.3, 0.4) is 0 Å². The second-order valence-electron chi connectivity index (χ2n) is 7.89. The van der Waals surface area contributed by atoms with E-state index in [0.29, 0.717) is 0 Å². The van der Waals surface area contributed by atoms with Gasteiger partial charge in [0.05, 0.1) is 5.52 Å². The van der Waals surface area contributed by atoms with E-state index in [2.05, 4.69) is 15.0 Å². The van der Waals surface area contributed by atoms with Gasteiger partial charge in [-0.05, 0) is 31.2 Å². The third-order valence-electron chi connectivity index (χ3n) is 4.18. The number of halogens is 3. The van der Waals surface area contributed by atoms with Crippen molar-refractivity contribution < 1.29 is 37.3 Å². The number of pyridine rings is 1. The molecule has 0 bridgehead atoms. The van der Waals surface area contributed by atoms with E-state index in [1.165, 1.54) is 31.2 Å². The summed E-state index contributed by atoms with van der Waals surface area (Å²) in [7, 11) is 0. The molecule has 32 heavy (non-hydrogen) atoms. The molecule has 0 spiro atoms. The Labute approximate surface area is 180 Å². The number of fused-ring (bicyclic) bond motifs is 1. The van der Waals surface area contributed by atoms with Crippen LogP contribution in [0.25, 0.3) is 22.4 Å². The van der Waals surface area contributed by atoms with Gasteiger partial charge in [-0.25, -0.2) is 14.8 Å². The molecule has 0 unspecified atom stereocenters. The molecule has 0 aliphatic carbocycles. The number of ether oxygens (including phenoxy) is 1. The summed E-state index contributed by atoms with van der Waals surface area (Å²) in [5.74, 6) is -1.77. The molecule has 170 valence electrons. The van der Waals surface area contributed by atoms with Crippen molar-refractivity contribution in [3.8, 4) is 11.5 Å². The van der Waals surface area contributed by atoms with Gasteiger partial charge in [-0.3, -0.25) is 4.99 Å². The fraction of sp³-hybridized carbons (Fsp3) is 0.333. The smallest absolute Gasteiger partial charge is 0.433 e. The van der Waals surface area contributed by atoms with Crippen molar-refractivity contribution in [3.05, 3.63) is 47.5 Å². The number of carboxylic acids is 1. The van der Waals surface area contributed by atoms with Crippen LogP contribution in [-0.4, -0.2) is 32.7 Å². The van der Waals surface area contributed by atoms with E-state index in [4.69, 9.17) is 9.15 Å². The molecule has 1 N–H and O–H groups in total. The second-order valence-corrected chi connectivity index (χ2v) is 7.89. The highest BCUT2D eigenvalue weighted by Crippen LogP contribution is 2.34. The highest BCUT2D eigenvalue weighted by atomic mass is 19.4. The zero-order chi connectivity index (χ0) is 23.8.